The smallest absolute Gasteiger partial charge is 0.310 e. The van der Waals surface area contributed by atoms with Gasteiger partial charge in [-0.2, -0.15) is 0 Å². The summed E-state index contributed by atoms with van der Waals surface area (Å²) in [5.74, 6) is -0.664. The Hall–Kier alpha value is -0.610. The molecule has 2 aliphatic heterocycles. The van der Waals surface area contributed by atoms with Crippen molar-refractivity contribution in [3.05, 3.63) is 0 Å². The molecule has 3 unspecified atom stereocenters. The molecule has 2 aliphatic rings. The lowest BCUT2D eigenvalue weighted by atomic mass is 9.82. The molecule has 2 rings (SSSR count). The van der Waals surface area contributed by atoms with E-state index in [-0.39, 0.29) is 0 Å². The molecule has 17 heavy (non-hydrogen) atoms. The Morgan fingerprint density at radius 3 is 2.88 bits per heavy atom. The van der Waals surface area contributed by atoms with Crippen LogP contribution in [0.1, 0.15) is 39.5 Å². The second-order valence-electron chi connectivity index (χ2n) is 5.85. The summed E-state index contributed by atoms with van der Waals surface area (Å²) in [4.78, 5) is 13.5. The first kappa shape index (κ1) is 12.8. The van der Waals surface area contributed by atoms with Crippen LogP contribution in [0.5, 0.6) is 0 Å². The fourth-order valence-corrected chi connectivity index (χ4v) is 2.98. The molecule has 0 aromatic heterocycles. The van der Waals surface area contributed by atoms with Crippen molar-refractivity contribution in [3.63, 3.8) is 0 Å². The third-order valence-electron chi connectivity index (χ3n) is 4.07. The lowest BCUT2D eigenvalue weighted by molar-refractivity contribution is -0.151. The minimum Gasteiger partial charge on any atom is -0.481 e. The highest BCUT2D eigenvalue weighted by Crippen LogP contribution is 2.30. The molecular formula is C13H23NO3. The van der Waals surface area contributed by atoms with Crippen LogP contribution in [-0.4, -0.2) is 47.8 Å². The molecule has 4 heteroatoms. The maximum Gasteiger partial charge on any atom is 0.310 e. The molecule has 4 nitrogen and oxygen atoms in total. The molecule has 98 valence electrons. The van der Waals surface area contributed by atoms with E-state index in [1.165, 1.54) is 0 Å². The molecule has 2 heterocycles. The summed E-state index contributed by atoms with van der Waals surface area (Å²) in [5.41, 5.74) is -0.567. The van der Waals surface area contributed by atoms with Gasteiger partial charge in [-0.15, -0.1) is 0 Å². The van der Waals surface area contributed by atoms with Gasteiger partial charge in [0.2, 0.25) is 0 Å². The van der Waals surface area contributed by atoms with Gasteiger partial charge in [-0.3, -0.25) is 9.69 Å². The van der Waals surface area contributed by atoms with Gasteiger partial charge in [-0.05, 0) is 46.1 Å². The number of carboxylic acids is 1. The van der Waals surface area contributed by atoms with E-state index in [9.17, 15) is 9.90 Å². The zero-order valence-electron chi connectivity index (χ0n) is 10.8. The van der Waals surface area contributed by atoms with E-state index >= 15 is 0 Å². The Kier molecular flexibility index (Phi) is 3.73. The minimum atomic E-state index is -0.664. The van der Waals surface area contributed by atoms with Crippen molar-refractivity contribution in [3.8, 4) is 0 Å². The van der Waals surface area contributed by atoms with Gasteiger partial charge in [0.25, 0.3) is 0 Å². The van der Waals surface area contributed by atoms with Crippen LogP contribution in [0.2, 0.25) is 0 Å². The van der Waals surface area contributed by atoms with E-state index in [0.717, 1.165) is 38.8 Å². The van der Waals surface area contributed by atoms with Crippen LogP contribution in [0, 0.1) is 5.41 Å². The summed E-state index contributed by atoms with van der Waals surface area (Å²) >= 11 is 0. The number of hydrogen-bond acceptors (Lipinski definition) is 3. The molecule has 1 N–H and O–H groups in total. The van der Waals surface area contributed by atoms with Gasteiger partial charge in [0.1, 0.15) is 0 Å². The Labute approximate surface area is 103 Å². The van der Waals surface area contributed by atoms with E-state index in [1.54, 1.807) is 0 Å². The number of likely N-dealkylation sites (tertiary alicyclic amines) is 1. The Morgan fingerprint density at radius 2 is 2.29 bits per heavy atom. The number of piperidine rings is 1. The summed E-state index contributed by atoms with van der Waals surface area (Å²) in [6, 6.07) is 0. The summed E-state index contributed by atoms with van der Waals surface area (Å²) in [7, 11) is 0. The average Bonchev–Trinajstić information content (AvgIpc) is 2.64. The first-order valence-corrected chi connectivity index (χ1v) is 6.61. The van der Waals surface area contributed by atoms with Crippen LogP contribution in [0.15, 0.2) is 0 Å². The van der Waals surface area contributed by atoms with Crippen molar-refractivity contribution in [2.24, 2.45) is 5.41 Å². The van der Waals surface area contributed by atoms with Gasteiger partial charge < -0.3 is 9.84 Å². The zero-order valence-corrected chi connectivity index (χ0v) is 10.8. The van der Waals surface area contributed by atoms with E-state index in [2.05, 4.69) is 11.8 Å². The lowest BCUT2D eigenvalue weighted by Gasteiger charge is -2.38. The second kappa shape index (κ2) is 4.94. The molecule has 0 aromatic carbocycles. The van der Waals surface area contributed by atoms with Gasteiger partial charge in [-0.1, -0.05) is 0 Å². The number of carbonyl (C=O) groups is 1. The van der Waals surface area contributed by atoms with Gasteiger partial charge >= 0.3 is 5.97 Å². The van der Waals surface area contributed by atoms with E-state index < -0.39 is 11.4 Å². The van der Waals surface area contributed by atoms with Gasteiger partial charge in [0.05, 0.1) is 17.6 Å². The van der Waals surface area contributed by atoms with Crippen molar-refractivity contribution in [1.82, 2.24) is 4.90 Å². The third-order valence-corrected chi connectivity index (χ3v) is 4.07. The van der Waals surface area contributed by atoms with Gasteiger partial charge in [0, 0.05) is 13.1 Å². The third kappa shape index (κ3) is 2.99. The quantitative estimate of drug-likeness (QED) is 0.817. The second-order valence-corrected chi connectivity index (χ2v) is 5.85. The standard InChI is InChI=1S/C13H23NO3/c1-10-4-5-11(17-10)8-14-7-3-6-13(2,9-14)12(15)16/h10-11H,3-9H2,1-2H3,(H,15,16). The molecule has 0 spiro atoms. The van der Waals surface area contributed by atoms with Crippen LogP contribution in [-0.2, 0) is 9.53 Å². The number of rotatable bonds is 3. The highest BCUT2D eigenvalue weighted by atomic mass is 16.5. The predicted molar refractivity (Wildman–Crippen MR) is 65.0 cm³/mol. The summed E-state index contributed by atoms with van der Waals surface area (Å²) in [6.45, 7) is 6.54. The summed E-state index contributed by atoms with van der Waals surface area (Å²) in [5, 5.41) is 9.26. The molecule has 2 fully saturated rings. The average molecular weight is 241 g/mol. The van der Waals surface area contributed by atoms with Crippen LogP contribution in [0.25, 0.3) is 0 Å². The normalized spacial score (nSPS) is 39.4. The number of aliphatic carboxylic acids is 1. The van der Waals surface area contributed by atoms with E-state index in [0.29, 0.717) is 18.8 Å². The van der Waals surface area contributed by atoms with Gasteiger partial charge in [-0.25, -0.2) is 0 Å². The Balaban J connectivity index is 1.87. The number of carboxylic acid groups (broad SMARTS) is 1. The monoisotopic (exact) mass is 241 g/mol. The predicted octanol–water partition coefficient (Wildman–Crippen LogP) is 1.74. The van der Waals surface area contributed by atoms with Crippen molar-refractivity contribution in [1.29, 1.82) is 0 Å². The highest BCUT2D eigenvalue weighted by molar-refractivity contribution is 5.74. The topological polar surface area (TPSA) is 49.8 Å². The Bertz CT molecular complexity index is 294. The molecular weight excluding hydrogens is 218 g/mol. The van der Waals surface area contributed by atoms with Crippen LogP contribution >= 0.6 is 0 Å². The summed E-state index contributed by atoms with van der Waals surface area (Å²) in [6.07, 6.45) is 4.69. The fraction of sp³-hybridized carbons (Fsp3) is 0.923. The van der Waals surface area contributed by atoms with Crippen LogP contribution in [0.3, 0.4) is 0 Å². The molecule has 0 aromatic rings. The molecule has 0 saturated carbocycles. The van der Waals surface area contributed by atoms with Gasteiger partial charge in [0.15, 0.2) is 0 Å². The largest absolute Gasteiger partial charge is 0.481 e. The molecule has 0 aliphatic carbocycles. The van der Waals surface area contributed by atoms with Crippen molar-refractivity contribution in [2.75, 3.05) is 19.6 Å². The highest BCUT2D eigenvalue weighted by Gasteiger charge is 2.38. The Morgan fingerprint density at radius 1 is 1.53 bits per heavy atom. The molecule has 2 saturated heterocycles. The zero-order chi connectivity index (χ0) is 12.5. The van der Waals surface area contributed by atoms with Crippen molar-refractivity contribution >= 4 is 5.97 Å². The van der Waals surface area contributed by atoms with Crippen LogP contribution in [0.4, 0.5) is 0 Å². The summed E-state index contributed by atoms with van der Waals surface area (Å²) < 4.78 is 5.80. The van der Waals surface area contributed by atoms with Crippen molar-refractivity contribution < 1.29 is 14.6 Å². The first-order chi connectivity index (χ1) is 7.99. The number of nitrogens with zero attached hydrogens (tertiary/aromatic N) is 1. The minimum absolute atomic E-state index is 0.307. The number of hydrogen-bond donors (Lipinski definition) is 1. The van der Waals surface area contributed by atoms with E-state index in [4.69, 9.17) is 4.74 Å². The maximum absolute atomic E-state index is 11.3. The fourth-order valence-electron chi connectivity index (χ4n) is 2.98. The molecule has 3 atom stereocenters. The van der Waals surface area contributed by atoms with Crippen LogP contribution < -0.4 is 0 Å². The lowest BCUT2D eigenvalue weighted by Crippen LogP contribution is -2.48. The van der Waals surface area contributed by atoms with Crippen molar-refractivity contribution in [2.45, 2.75) is 51.7 Å². The first-order valence-electron chi connectivity index (χ1n) is 6.61. The van der Waals surface area contributed by atoms with E-state index in [1.807, 2.05) is 6.92 Å². The SMILES string of the molecule is CC1CCC(CN2CCCC(C)(C(=O)O)C2)O1. The molecule has 0 bridgehead atoms. The maximum atomic E-state index is 11.3. The number of ether oxygens (including phenoxy) is 1. The molecule has 0 radical (unpaired) electrons. The molecule has 0 amide bonds.